The first-order valence-corrected chi connectivity index (χ1v) is 4.19. The van der Waals surface area contributed by atoms with E-state index in [2.05, 4.69) is 10.8 Å². The predicted octanol–water partition coefficient (Wildman–Crippen LogP) is 1.53. The predicted molar refractivity (Wildman–Crippen MR) is 50.7 cm³/mol. The third-order valence-corrected chi connectivity index (χ3v) is 2.03. The lowest BCUT2D eigenvalue weighted by molar-refractivity contribution is 0.0600. The zero-order valence-corrected chi connectivity index (χ0v) is 8.44. The van der Waals surface area contributed by atoms with Gasteiger partial charge in [0.2, 0.25) is 0 Å². The molecule has 0 aliphatic rings. The Morgan fingerprint density at radius 3 is 2.79 bits per heavy atom. The molecule has 0 aromatic carbocycles. The Bertz CT molecular complexity index is 385. The van der Waals surface area contributed by atoms with E-state index < -0.39 is 11.5 Å². The molecule has 0 aliphatic heterocycles. The average Bonchev–Trinajstić information content (AvgIpc) is 2.66. The van der Waals surface area contributed by atoms with Gasteiger partial charge in [0, 0.05) is 12.4 Å². The fraction of sp³-hybridized carbons (Fsp3) is 0.400. The van der Waals surface area contributed by atoms with Crippen molar-refractivity contribution in [1.82, 2.24) is 4.57 Å². The summed E-state index contributed by atoms with van der Waals surface area (Å²) in [6.07, 6.45) is 3.30. The second-order valence-electron chi connectivity index (χ2n) is 3.47. The summed E-state index contributed by atoms with van der Waals surface area (Å²) in [7, 11) is 1.33. The van der Waals surface area contributed by atoms with Crippen molar-refractivity contribution in [2.75, 3.05) is 7.11 Å². The van der Waals surface area contributed by atoms with Crippen LogP contribution < -0.4 is 0 Å². The minimum absolute atomic E-state index is 0.391. The van der Waals surface area contributed by atoms with Crippen LogP contribution in [0.15, 0.2) is 18.5 Å². The Kier molecular flexibility index (Phi) is 2.61. The first kappa shape index (κ1) is 10.3. The first-order chi connectivity index (χ1) is 6.51. The first-order valence-electron chi connectivity index (χ1n) is 4.19. The van der Waals surface area contributed by atoms with Gasteiger partial charge in [0.05, 0.1) is 18.7 Å². The van der Waals surface area contributed by atoms with Gasteiger partial charge in [-0.25, -0.2) is 4.79 Å². The summed E-state index contributed by atoms with van der Waals surface area (Å²) in [5.41, 5.74) is -0.192. The third-order valence-electron chi connectivity index (χ3n) is 2.03. The van der Waals surface area contributed by atoms with Gasteiger partial charge < -0.3 is 9.30 Å². The third kappa shape index (κ3) is 1.77. The summed E-state index contributed by atoms with van der Waals surface area (Å²) in [4.78, 5) is 11.1. The van der Waals surface area contributed by atoms with Gasteiger partial charge in [-0.2, -0.15) is 5.26 Å². The number of carbonyl (C=O) groups is 1. The SMILES string of the molecule is COC(=O)c1ccn(C(C)(C)C#N)c1. The van der Waals surface area contributed by atoms with E-state index in [0.29, 0.717) is 5.56 Å². The van der Waals surface area contributed by atoms with E-state index in [9.17, 15) is 4.79 Å². The summed E-state index contributed by atoms with van der Waals surface area (Å²) in [6.45, 7) is 3.54. The standard InChI is InChI=1S/C10H12N2O2/c1-10(2,7-11)12-5-4-8(6-12)9(13)14-3/h4-6H,1-3H3. The molecule has 14 heavy (non-hydrogen) atoms. The van der Waals surface area contributed by atoms with Crippen molar-refractivity contribution in [2.45, 2.75) is 19.4 Å². The fourth-order valence-corrected chi connectivity index (χ4v) is 1.04. The van der Waals surface area contributed by atoms with Crippen LogP contribution in [0, 0.1) is 11.3 Å². The molecule has 0 unspecified atom stereocenters. The van der Waals surface area contributed by atoms with Crippen LogP contribution in [-0.4, -0.2) is 17.6 Å². The van der Waals surface area contributed by atoms with Crippen molar-refractivity contribution in [3.8, 4) is 6.07 Å². The molecule has 4 heteroatoms. The topological polar surface area (TPSA) is 55.0 Å². The number of nitriles is 1. The van der Waals surface area contributed by atoms with Crippen molar-refractivity contribution in [2.24, 2.45) is 0 Å². The van der Waals surface area contributed by atoms with Gasteiger partial charge in [-0.1, -0.05) is 0 Å². The molecule has 1 rings (SSSR count). The monoisotopic (exact) mass is 192 g/mol. The van der Waals surface area contributed by atoms with Crippen LogP contribution in [-0.2, 0) is 10.3 Å². The zero-order valence-electron chi connectivity index (χ0n) is 8.44. The Morgan fingerprint density at radius 2 is 2.29 bits per heavy atom. The van der Waals surface area contributed by atoms with Gasteiger partial charge in [0.25, 0.3) is 0 Å². The molecule has 0 saturated heterocycles. The summed E-state index contributed by atoms with van der Waals surface area (Å²) >= 11 is 0. The molecule has 0 amide bonds. The molecule has 0 bridgehead atoms. The van der Waals surface area contributed by atoms with Crippen LogP contribution in [0.1, 0.15) is 24.2 Å². The lowest BCUT2D eigenvalue weighted by Gasteiger charge is -2.17. The molecule has 1 heterocycles. The number of hydrogen-bond donors (Lipinski definition) is 0. The molecule has 0 spiro atoms. The van der Waals surface area contributed by atoms with Gasteiger partial charge in [0.1, 0.15) is 5.54 Å². The van der Waals surface area contributed by atoms with E-state index in [1.807, 2.05) is 0 Å². The van der Waals surface area contributed by atoms with E-state index >= 15 is 0 Å². The zero-order chi connectivity index (χ0) is 10.8. The molecule has 0 atom stereocenters. The second kappa shape index (κ2) is 3.54. The van der Waals surface area contributed by atoms with Gasteiger partial charge in [-0.3, -0.25) is 0 Å². The minimum Gasteiger partial charge on any atom is -0.465 e. The van der Waals surface area contributed by atoms with Gasteiger partial charge in [-0.15, -0.1) is 0 Å². The molecule has 0 radical (unpaired) electrons. The molecule has 4 nitrogen and oxygen atoms in total. The van der Waals surface area contributed by atoms with E-state index in [1.54, 1.807) is 36.9 Å². The summed E-state index contributed by atoms with van der Waals surface area (Å²) in [5, 5.41) is 8.87. The van der Waals surface area contributed by atoms with E-state index in [4.69, 9.17) is 5.26 Å². The highest BCUT2D eigenvalue weighted by Gasteiger charge is 2.19. The van der Waals surface area contributed by atoms with E-state index in [-0.39, 0.29) is 0 Å². The van der Waals surface area contributed by atoms with E-state index in [0.717, 1.165) is 0 Å². The second-order valence-corrected chi connectivity index (χ2v) is 3.47. The molecule has 0 fully saturated rings. The van der Waals surface area contributed by atoms with Crippen LogP contribution in [0.25, 0.3) is 0 Å². The van der Waals surface area contributed by atoms with Crippen LogP contribution in [0.2, 0.25) is 0 Å². The van der Waals surface area contributed by atoms with Crippen molar-refractivity contribution in [3.63, 3.8) is 0 Å². The summed E-state index contributed by atoms with van der Waals surface area (Å²) < 4.78 is 6.24. The van der Waals surface area contributed by atoms with Crippen LogP contribution >= 0.6 is 0 Å². The Morgan fingerprint density at radius 1 is 1.64 bits per heavy atom. The lowest BCUT2D eigenvalue weighted by atomic mass is 10.1. The van der Waals surface area contributed by atoms with Crippen LogP contribution in [0.4, 0.5) is 0 Å². The summed E-state index contributed by atoms with van der Waals surface area (Å²) in [6, 6.07) is 3.77. The average molecular weight is 192 g/mol. The molecule has 0 N–H and O–H groups in total. The van der Waals surface area contributed by atoms with Gasteiger partial charge >= 0.3 is 5.97 Å². The van der Waals surface area contributed by atoms with Crippen LogP contribution in [0.5, 0.6) is 0 Å². The quantitative estimate of drug-likeness (QED) is 0.668. The number of nitrogens with zero attached hydrogens (tertiary/aromatic N) is 2. The van der Waals surface area contributed by atoms with Gasteiger partial charge in [0.15, 0.2) is 0 Å². The van der Waals surface area contributed by atoms with Crippen molar-refractivity contribution in [3.05, 3.63) is 24.0 Å². The Hall–Kier alpha value is -1.76. The van der Waals surface area contributed by atoms with Gasteiger partial charge in [-0.05, 0) is 19.9 Å². The molecule has 74 valence electrons. The van der Waals surface area contributed by atoms with Crippen molar-refractivity contribution < 1.29 is 9.53 Å². The molecule has 1 aromatic heterocycles. The highest BCUT2D eigenvalue weighted by atomic mass is 16.5. The number of methoxy groups -OCH3 is 1. The number of aromatic nitrogens is 1. The minimum atomic E-state index is -0.647. The molecule has 0 aliphatic carbocycles. The Labute approximate surface area is 82.7 Å². The molecule has 1 aromatic rings. The highest BCUT2D eigenvalue weighted by molar-refractivity contribution is 5.89. The smallest absolute Gasteiger partial charge is 0.339 e. The largest absolute Gasteiger partial charge is 0.465 e. The van der Waals surface area contributed by atoms with Crippen LogP contribution in [0.3, 0.4) is 0 Å². The molecule has 0 saturated carbocycles. The maximum atomic E-state index is 11.1. The fourth-order valence-electron chi connectivity index (χ4n) is 1.04. The maximum Gasteiger partial charge on any atom is 0.339 e. The lowest BCUT2D eigenvalue weighted by Crippen LogP contribution is -2.22. The molecular weight excluding hydrogens is 180 g/mol. The normalized spacial score (nSPS) is 10.7. The van der Waals surface area contributed by atoms with Crippen molar-refractivity contribution in [1.29, 1.82) is 5.26 Å². The summed E-state index contributed by atoms with van der Waals surface area (Å²) in [5.74, 6) is -0.391. The number of ether oxygens (including phenoxy) is 1. The number of hydrogen-bond acceptors (Lipinski definition) is 3. The maximum absolute atomic E-state index is 11.1. The number of carbonyl (C=O) groups excluding carboxylic acids is 1. The van der Waals surface area contributed by atoms with Crippen molar-refractivity contribution >= 4 is 5.97 Å². The Balaban J connectivity index is 3.01. The highest BCUT2D eigenvalue weighted by Crippen LogP contribution is 2.15. The number of esters is 1. The number of rotatable bonds is 2. The van der Waals surface area contributed by atoms with E-state index in [1.165, 1.54) is 7.11 Å². The molecular formula is C10H12N2O2.